The summed E-state index contributed by atoms with van der Waals surface area (Å²) in [6.07, 6.45) is -0.0857. The Labute approximate surface area is 278 Å². The van der Waals surface area contributed by atoms with Crippen molar-refractivity contribution in [3.63, 3.8) is 0 Å². The summed E-state index contributed by atoms with van der Waals surface area (Å²) >= 11 is 12.7. The number of carbonyl (C=O) groups is 3. The first kappa shape index (κ1) is 35.6. The fourth-order valence-electron chi connectivity index (χ4n) is 4.81. The Morgan fingerprint density at radius 1 is 1.02 bits per heavy atom. The molecule has 3 amide bonds. The SMILES string of the molecule is CC(C)(C)[Si](C)(C)Oc1c(N=C=Nc2cccc(F)c2Cl)ccc(Cl)c1S(=O)(=O)N(C(=O)C1CCNC(=O)C1)C1CCNC(=O)C1. The number of hydrogen-bond donors (Lipinski definition) is 2. The van der Waals surface area contributed by atoms with Gasteiger partial charge in [0.15, 0.2) is 5.75 Å². The summed E-state index contributed by atoms with van der Waals surface area (Å²) in [5, 5.41) is 4.41. The Hall–Kier alpha value is -3.29. The second-order valence-electron chi connectivity index (χ2n) is 12.7. The molecule has 46 heavy (non-hydrogen) atoms. The molecule has 2 fully saturated rings. The summed E-state index contributed by atoms with van der Waals surface area (Å²) in [6, 6.07) is 8.17. The molecule has 2 aliphatic heterocycles. The van der Waals surface area contributed by atoms with Crippen molar-refractivity contribution < 1.29 is 31.6 Å². The molecule has 4 rings (SSSR count). The topological polar surface area (TPSA) is 147 Å². The average molecular weight is 713 g/mol. The largest absolute Gasteiger partial charge is 0.541 e. The number of carbonyl (C=O) groups excluding carboxylic acids is 3. The zero-order valence-corrected chi connectivity index (χ0v) is 29.4. The van der Waals surface area contributed by atoms with Crippen molar-refractivity contribution in [1.82, 2.24) is 14.9 Å². The molecule has 2 aromatic carbocycles. The highest BCUT2D eigenvalue weighted by molar-refractivity contribution is 7.90. The molecule has 2 unspecified atom stereocenters. The zero-order chi connectivity index (χ0) is 34.0. The quantitative estimate of drug-likeness (QED) is 0.255. The Balaban J connectivity index is 1.94. The van der Waals surface area contributed by atoms with Crippen LogP contribution in [0, 0.1) is 11.7 Å². The molecule has 2 aliphatic rings. The number of hydrogen-bond acceptors (Lipinski definition) is 8. The molecule has 11 nitrogen and oxygen atoms in total. The molecule has 248 valence electrons. The van der Waals surface area contributed by atoms with E-state index in [9.17, 15) is 27.2 Å². The Bertz CT molecular complexity index is 1730. The number of piperidine rings is 2. The van der Waals surface area contributed by atoms with Crippen LogP contribution in [0.15, 0.2) is 45.2 Å². The smallest absolute Gasteiger partial charge is 0.271 e. The second-order valence-corrected chi connectivity index (χ2v) is 19.9. The Morgan fingerprint density at radius 2 is 1.65 bits per heavy atom. The fourth-order valence-corrected chi connectivity index (χ4v) is 8.37. The normalized spacial score (nSPS) is 19.0. The van der Waals surface area contributed by atoms with Crippen molar-refractivity contribution in [2.24, 2.45) is 15.9 Å². The van der Waals surface area contributed by atoms with E-state index in [4.69, 9.17) is 27.6 Å². The standard InChI is InChI=1S/C30H36Cl2FN5O6SSi/c1-30(2,3)46(4,5)44-27-23(37-17-36-22-8-6-7-21(33)26(22)32)10-9-20(31)28(27)45(42,43)38(19-12-14-35-25(40)16-19)29(41)18-11-13-34-24(39)15-18/h6-10,18-19H,11-16H2,1-5H3,(H,34,39)(H,35,40). The van der Waals surface area contributed by atoms with Crippen molar-refractivity contribution in [1.29, 1.82) is 0 Å². The van der Waals surface area contributed by atoms with Crippen LogP contribution in [0.5, 0.6) is 5.75 Å². The molecule has 2 saturated heterocycles. The zero-order valence-electron chi connectivity index (χ0n) is 26.1. The molecule has 2 N–H and O–H groups in total. The number of amides is 3. The van der Waals surface area contributed by atoms with E-state index in [0.717, 1.165) is 0 Å². The van der Waals surface area contributed by atoms with Crippen LogP contribution in [0.4, 0.5) is 15.8 Å². The molecule has 2 aromatic rings. The van der Waals surface area contributed by atoms with E-state index < -0.39 is 57.9 Å². The summed E-state index contributed by atoms with van der Waals surface area (Å²) < 4.78 is 50.8. The number of nitrogens with zero attached hydrogens (tertiary/aromatic N) is 3. The molecule has 2 atom stereocenters. The molecule has 16 heteroatoms. The minimum atomic E-state index is -4.83. The molecule has 2 heterocycles. The number of aliphatic imine (C=N–C) groups is 2. The minimum Gasteiger partial charge on any atom is -0.541 e. The van der Waals surface area contributed by atoms with Gasteiger partial charge in [-0.25, -0.2) is 17.1 Å². The lowest BCUT2D eigenvalue weighted by atomic mass is 9.95. The van der Waals surface area contributed by atoms with Gasteiger partial charge in [0.1, 0.15) is 27.4 Å². The molecular formula is C30H36Cl2FN5O6SSi. The van der Waals surface area contributed by atoms with Crippen LogP contribution in [0.1, 0.15) is 46.5 Å². The number of nitrogens with one attached hydrogen (secondary N) is 2. The maximum absolute atomic E-state index is 14.8. The van der Waals surface area contributed by atoms with Gasteiger partial charge < -0.3 is 15.1 Å². The van der Waals surface area contributed by atoms with Crippen LogP contribution in [-0.2, 0) is 24.4 Å². The molecule has 0 aromatic heterocycles. The molecule has 0 aliphatic carbocycles. The van der Waals surface area contributed by atoms with Crippen LogP contribution in [0.25, 0.3) is 0 Å². The highest BCUT2D eigenvalue weighted by Gasteiger charge is 2.46. The van der Waals surface area contributed by atoms with Crippen LogP contribution in [0.3, 0.4) is 0 Å². The van der Waals surface area contributed by atoms with E-state index in [1.807, 2.05) is 33.9 Å². The Morgan fingerprint density at radius 3 is 2.28 bits per heavy atom. The first-order valence-electron chi connectivity index (χ1n) is 14.7. The number of benzene rings is 2. The highest BCUT2D eigenvalue weighted by atomic mass is 35.5. The van der Waals surface area contributed by atoms with Crippen LogP contribution in [0.2, 0.25) is 28.2 Å². The van der Waals surface area contributed by atoms with Crippen molar-refractivity contribution in [2.45, 2.75) is 75.5 Å². The fraction of sp³-hybridized carbons (Fsp3) is 0.467. The van der Waals surface area contributed by atoms with Gasteiger partial charge >= 0.3 is 0 Å². The van der Waals surface area contributed by atoms with Gasteiger partial charge in [-0.3, -0.25) is 14.4 Å². The monoisotopic (exact) mass is 711 g/mol. The maximum Gasteiger partial charge on any atom is 0.271 e. The van der Waals surface area contributed by atoms with E-state index in [1.54, 1.807) is 0 Å². The van der Waals surface area contributed by atoms with Gasteiger partial charge in [-0.15, -0.1) is 0 Å². The van der Waals surface area contributed by atoms with Gasteiger partial charge in [0.05, 0.1) is 16.8 Å². The van der Waals surface area contributed by atoms with Gasteiger partial charge in [-0.1, -0.05) is 50.0 Å². The van der Waals surface area contributed by atoms with E-state index >= 15 is 0 Å². The van der Waals surface area contributed by atoms with Gasteiger partial charge in [0, 0.05) is 31.8 Å². The molecule has 0 saturated carbocycles. The number of halogens is 3. The summed E-state index contributed by atoms with van der Waals surface area (Å²) in [6.45, 7) is 10.0. The van der Waals surface area contributed by atoms with Gasteiger partial charge in [0.2, 0.25) is 17.7 Å². The molecular weight excluding hydrogens is 676 g/mol. The van der Waals surface area contributed by atoms with E-state index in [-0.39, 0.29) is 71.8 Å². The van der Waals surface area contributed by atoms with E-state index in [2.05, 4.69) is 26.6 Å². The van der Waals surface area contributed by atoms with Crippen molar-refractivity contribution in [2.75, 3.05) is 13.1 Å². The number of rotatable bonds is 8. The minimum absolute atomic E-state index is 0.0186. The third-order valence-corrected chi connectivity index (χ3v) is 15.4. The number of sulfonamides is 1. The van der Waals surface area contributed by atoms with Gasteiger partial charge in [-0.05, 0) is 55.2 Å². The molecule has 0 spiro atoms. The summed E-state index contributed by atoms with van der Waals surface area (Å²) in [5.74, 6) is -3.44. The lowest BCUT2D eigenvalue weighted by molar-refractivity contribution is -0.138. The molecule has 0 bridgehead atoms. The van der Waals surface area contributed by atoms with Crippen LogP contribution >= 0.6 is 23.2 Å². The average Bonchev–Trinajstić information content (AvgIpc) is 2.95. The Kier molecular flexibility index (Phi) is 10.7. The molecule has 0 radical (unpaired) electrons. The third-order valence-electron chi connectivity index (χ3n) is 8.36. The predicted octanol–water partition coefficient (Wildman–Crippen LogP) is 5.98. The lowest BCUT2D eigenvalue weighted by Gasteiger charge is -2.39. The first-order chi connectivity index (χ1) is 21.4. The predicted molar refractivity (Wildman–Crippen MR) is 176 cm³/mol. The van der Waals surface area contributed by atoms with Crippen molar-refractivity contribution in [3.8, 4) is 5.75 Å². The summed E-state index contributed by atoms with van der Waals surface area (Å²) in [7, 11) is -7.65. The van der Waals surface area contributed by atoms with Crippen LogP contribution < -0.4 is 15.1 Å². The summed E-state index contributed by atoms with van der Waals surface area (Å²) in [5.41, 5.74) is 0.0258. The second kappa shape index (κ2) is 13.8. The highest BCUT2D eigenvalue weighted by Crippen LogP contribution is 2.46. The summed E-state index contributed by atoms with van der Waals surface area (Å²) in [4.78, 5) is 46.5. The first-order valence-corrected chi connectivity index (χ1v) is 19.8. The van der Waals surface area contributed by atoms with Crippen LogP contribution in [-0.4, -0.2) is 63.9 Å². The lowest BCUT2D eigenvalue weighted by Crippen LogP contribution is -2.54. The van der Waals surface area contributed by atoms with Gasteiger partial charge in [0.25, 0.3) is 18.3 Å². The third kappa shape index (κ3) is 7.63. The maximum atomic E-state index is 14.8. The van der Waals surface area contributed by atoms with Crippen molar-refractivity contribution >= 4 is 76.6 Å². The van der Waals surface area contributed by atoms with E-state index in [0.29, 0.717) is 4.31 Å². The van der Waals surface area contributed by atoms with E-state index in [1.165, 1.54) is 30.3 Å². The van der Waals surface area contributed by atoms with Gasteiger partial charge in [-0.2, -0.15) is 9.98 Å². The van der Waals surface area contributed by atoms with Crippen molar-refractivity contribution in [3.05, 3.63) is 46.2 Å².